The van der Waals surface area contributed by atoms with Crippen molar-refractivity contribution in [2.45, 2.75) is 112 Å². The van der Waals surface area contributed by atoms with Crippen LogP contribution in [0.3, 0.4) is 0 Å². The second-order valence-electron chi connectivity index (χ2n) is 9.96. The lowest BCUT2D eigenvalue weighted by Crippen LogP contribution is -2.61. The van der Waals surface area contributed by atoms with E-state index >= 15 is 0 Å². The van der Waals surface area contributed by atoms with Crippen molar-refractivity contribution in [2.75, 3.05) is 6.61 Å². The predicted octanol–water partition coefficient (Wildman–Crippen LogP) is -4.05. The summed E-state index contributed by atoms with van der Waals surface area (Å²) >= 11 is 0. The van der Waals surface area contributed by atoms with Gasteiger partial charge in [0.15, 0.2) is 6.29 Å². The molecule has 0 amide bonds. The molecule has 9 N–H and O–H groups in total. The van der Waals surface area contributed by atoms with Crippen LogP contribution < -0.4 is 0 Å². The molecule has 33 heavy (non-hydrogen) atoms. The van der Waals surface area contributed by atoms with Gasteiger partial charge in [0.1, 0.15) is 30.5 Å². The SMILES string of the molecule is OC[C@H]1O[C@@H](OC2CC(O)C3CC(O)C(C4CC(O)C(O)C(O)C4)OC3C2)[C@H](O)[C@H](O)[C@@H]1O. The topological polar surface area (TPSA) is 210 Å². The summed E-state index contributed by atoms with van der Waals surface area (Å²) in [5.41, 5.74) is 0. The Kier molecular flexibility index (Phi) is 7.95. The van der Waals surface area contributed by atoms with E-state index in [2.05, 4.69) is 0 Å². The lowest BCUT2D eigenvalue weighted by Gasteiger charge is -2.50. The zero-order valence-electron chi connectivity index (χ0n) is 18.2. The number of fused-ring (bicyclic) bond motifs is 1. The fourth-order valence-corrected chi connectivity index (χ4v) is 5.82. The Bertz CT molecular complexity index is 639. The molecule has 4 rings (SSSR count). The van der Waals surface area contributed by atoms with Gasteiger partial charge in [-0.05, 0) is 25.2 Å². The summed E-state index contributed by atoms with van der Waals surface area (Å²) in [5, 5.41) is 90.7. The monoisotopic (exact) mass is 480 g/mol. The van der Waals surface area contributed by atoms with Gasteiger partial charge < -0.3 is 60.2 Å². The van der Waals surface area contributed by atoms with Gasteiger partial charge in [0.25, 0.3) is 0 Å². The summed E-state index contributed by atoms with van der Waals surface area (Å²) in [6.07, 6.45) is -13.2. The van der Waals surface area contributed by atoms with Crippen molar-refractivity contribution in [3.05, 3.63) is 0 Å². The van der Waals surface area contributed by atoms with Gasteiger partial charge in [0.05, 0.1) is 49.3 Å². The lowest BCUT2D eigenvalue weighted by molar-refractivity contribution is -0.320. The maximum Gasteiger partial charge on any atom is 0.186 e. The molecule has 0 radical (unpaired) electrons. The summed E-state index contributed by atoms with van der Waals surface area (Å²) in [5.74, 6) is -0.756. The second-order valence-corrected chi connectivity index (χ2v) is 9.96. The van der Waals surface area contributed by atoms with E-state index in [0.717, 1.165) is 0 Å². The van der Waals surface area contributed by atoms with Crippen LogP contribution in [0.5, 0.6) is 0 Å². The van der Waals surface area contributed by atoms with Gasteiger partial charge in [0.2, 0.25) is 0 Å². The zero-order valence-corrected chi connectivity index (χ0v) is 18.2. The van der Waals surface area contributed by atoms with Crippen LogP contribution in [0, 0.1) is 11.8 Å². The van der Waals surface area contributed by atoms with Crippen molar-refractivity contribution in [3.63, 3.8) is 0 Å². The molecule has 8 unspecified atom stereocenters. The Labute approximate surface area is 191 Å². The average molecular weight is 481 g/mol. The van der Waals surface area contributed by atoms with Crippen LogP contribution in [0.1, 0.15) is 32.1 Å². The van der Waals surface area contributed by atoms with Crippen molar-refractivity contribution in [1.29, 1.82) is 0 Å². The van der Waals surface area contributed by atoms with E-state index in [-0.39, 0.29) is 31.6 Å². The first-order valence-electron chi connectivity index (χ1n) is 11.6. The lowest BCUT2D eigenvalue weighted by atomic mass is 9.72. The van der Waals surface area contributed by atoms with E-state index in [0.29, 0.717) is 6.42 Å². The highest BCUT2D eigenvalue weighted by molar-refractivity contribution is 4.99. The van der Waals surface area contributed by atoms with Gasteiger partial charge in [-0.3, -0.25) is 0 Å². The van der Waals surface area contributed by atoms with E-state index in [9.17, 15) is 46.0 Å². The van der Waals surface area contributed by atoms with E-state index in [1.807, 2.05) is 0 Å². The van der Waals surface area contributed by atoms with Gasteiger partial charge >= 0.3 is 0 Å². The number of aliphatic hydroxyl groups is 9. The first kappa shape index (κ1) is 25.6. The highest BCUT2D eigenvalue weighted by Crippen LogP contribution is 2.42. The highest BCUT2D eigenvalue weighted by atomic mass is 16.7. The molecule has 0 spiro atoms. The van der Waals surface area contributed by atoms with Crippen molar-refractivity contribution in [3.8, 4) is 0 Å². The third kappa shape index (κ3) is 5.08. The minimum Gasteiger partial charge on any atom is -0.394 e. The van der Waals surface area contributed by atoms with Crippen LogP contribution in [0.2, 0.25) is 0 Å². The smallest absolute Gasteiger partial charge is 0.186 e. The fraction of sp³-hybridized carbons (Fsp3) is 1.00. The Hall–Kier alpha value is -0.480. The van der Waals surface area contributed by atoms with E-state index in [1.165, 1.54) is 0 Å². The Morgan fingerprint density at radius 2 is 1.30 bits per heavy atom. The van der Waals surface area contributed by atoms with Crippen molar-refractivity contribution >= 4 is 0 Å². The molecule has 12 heteroatoms. The molecule has 4 aliphatic rings. The average Bonchev–Trinajstić information content (AvgIpc) is 2.77. The summed E-state index contributed by atoms with van der Waals surface area (Å²) in [7, 11) is 0. The minimum atomic E-state index is -1.58. The van der Waals surface area contributed by atoms with Crippen LogP contribution >= 0.6 is 0 Å². The third-order valence-electron chi connectivity index (χ3n) is 7.71. The Morgan fingerprint density at radius 3 is 1.94 bits per heavy atom. The minimum absolute atomic E-state index is 0.157. The number of hydrogen-bond acceptors (Lipinski definition) is 12. The van der Waals surface area contributed by atoms with Crippen LogP contribution in [0.15, 0.2) is 0 Å². The zero-order chi connectivity index (χ0) is 24.0. The maximum atomic E-state index is 10.7. The largest absolute Gasteiger partial charge is 0.394 e. The standard InChI is InChI=1S/C21H36O12/c22-6-15-17(28)18(29)19(30)21(33-15)31-8-3-10(23)9-5-13(26)20(32-14(9)4-8)7-1-11(24)16(27)12(25)2-7/h7-30H,1-6H2/t7?,8?,9?,10?,11?,12?,13?,14?,15-,16?,17-,18-,19-,20?,21-/m1/s1. The van der Waals surface area contributed by atoms with Gasteiger partial charge in [0, 0.05) is 18.8 Å². The second kappa shape index (κ2) is 10.2. The first-order chi connectivity index (χ1) is 15.6. The summed E-state index contributed by atoms with van der Waals surface area (Å²) in [6.45, 7) is -0.584. The van der Waals surface area contributed by atoms with Crippen molar-refractivity contribution < 1.29 is 60.2 Å². The summed E-state index contributed by atoms with van der Waals surface area (Å²) in [4.78, 5) is 0. The quantitative estimate of drug-likeness (QED) is 0.188. The number of ether oxygens (including phenoxy) is 3. The van der Waals surface area contributed by atoms with Crippen molar-refractivity contribution in [2.24, 2.45) is 11.8 Å². The van der Waals surface area contributed by atoms with Gasteiger partial charge in [-0.2, -0.15) is 0 Å². The first-order valence-corrected chi connectivity index (χ1v) is 11.6. The molecule has 0 aromatic carbocycles. The molecule has 2 saturated carbocycles. The van der Waals surface area contributed by atoms with E-state index in [1.54, 1.807) is 0 Å². The van der Waals surface area contributed by atoms with Crippen LogP contribution in [0.25, 0.3) is 0 Å². The van der Waals surface area contributed by atoms with Crippen LogP contribution in [0.4, 0.5) is 0 Å². The molecule has 192 valence electrons. The molecule has 0 aromatic heterocycles. The molecule has 2 aliphatic carbocycles. The molecule has 2 heterocycles. The fourth-order valence-electron chi connectivity index (χ4n) is 5.82. The summed E-state index contributed by atoms with van der Waals surface area (Å²) in [6, 6.07) is 0. The number of hydrogen-bond donors (Lipinski definition) is 9. The van der Waals surface area contributed by atoms with Gasteiger partial charge in [-0.25, -0.2) is 0 Å². The van der Waals surface area contributed by atoms with Crippen LogP contribution in [-0.4, -0.2) is 132 Å². The number of aliphatic hydroxyl groups excluding tert-OH is 9. The molecule has 0 aromatic rings. The molecule has 12 nitrogen and oxygen atoms in total. The third-order valence-corrected chi connectivity index (χ3v) is 7.71. The Morgan fingerprint density at radius 1 is 0.636 bits per heavy atom. The normalized spacial score (nSPS) is 55.7. The summed E-state index contributed by atoms with van der Waals surface area (Å²) < 4.78 is 17.3. The molecule has 4 fully saturated rings. The predicted molar refractivity (Wildman–Crippen MR) is 107 cm³/mol. The van der Waals surface area contributed by atoms with Gasteiger partial charge in [-0.15, -0.1) is 0 Å². The Balaban J connectivity index is 1.41. The highest BCUT2D eigenvalue weighted by Gasteiger charge is 2.51. The molecule has 13 atom stereocenters. The van der Waals surface area contributed by atoms with Gasteiger partial charge in [-0.1, -0.05) is 0 Å². The molecule has 0 bridgehead atoms. The maximum absolute atomic E-state index is 10.7. The van der Waals surface area contributed by atoms with E-state index < -0.39 is 92.1 Å². The van der Waals surface area contributed by atoms with Crippen molar-refractivity contribution in [1.82, 2.24) is 0 Å². The van der Waals surface area contributed by atoms with E-state index in [4.69, 9.17) is 14.2 Å². The molecule has 2 saturated heterocycles. The number of rotatable bonds is 4. The van der Waals surface area contributed by atoms with Crippen LogP contribution in [-0.2, 0) is 14.2 Å². The molecular formula is C21H36O12. The molecular weight excluding hydrogens is 444 g/mol. The molecule has 2 aliphatic heterocycles.